The second kappa shape index (κ2) is 5.41. The molecule has 16 heavy (non-hydrogen) atoms. The van der Waals surface area contributed by atoms with Crippen LogP contribution in [-0.2, 0) is 11.3 Å². The highest BCUT2D eigenvalue weighted by Crippen LogP contribution is 2.10. The summed E-state index contributed by atoms with van der Waals surface area (Å²) in [6.45, 7) is 1.47. The molecule has 1 atom stereocenters. The number of nitrogens with one attached hydrogen (secondary N) is 2. The number of pyridine rings is 1. The standard InChI is InChI=1S/C11H14BrN3O/c12-9-4-8(5-13-7-9)6-15-10-2-1-3-14-11(10)16/h4-5,7,10,15H,1-3,6H2,(H,14,16). The summed E-state index contributed by atoms with van der Waals surface area (Å²) in [5.41, 5.74) is 1.08. The minimum absolute atomic E-state index is 0.0623. The van der Waals surface area contributed by atoms with Gasteiger partial charge in [0.05, 0.1) is 6.04 Å². The van der Waals surface area contributed by atoms with E-state index in [1.54, 1.807) is 12.4 Å². The molecule has 0 spiro atoms. The van der Waals surface area contributed by atoms with Crippen molar-refractivity contribution in [3.63, 3.8) is 0 Å². The number of amides is 1. The summed E-state index contributed by atoms with van der Waals surface area (Å²) in [7, 11) is 0. The van der Waals surface area contributed by atoms with Gasteiger partial charge in [0, 0.05) is 30.0 Å². The summed E-state index contributed by atoms with van der Waals surface area (Å²) in [5, 5.41) is 6.10. The van der Waals surface area contributed by atoms with Gasteiger partial charge in [-0.2, -0.15) is 0 Å². The van der Waals surface area contributed by atoms with E-state index < -0.39 is 0 Å². The van der Waals surface area contributed by atoms with E-state index in [2.05, 4.69) is 31.5 Å². The predicted octanol–water partition coefficient (Wildman–Crippen LogP) is 1.21. The summed E-state index contributed by atoms with van der Waals surface area (Å²) in [5.74, 6) is 0.106. The summed E-state index contributed by atoms with van der Waals surface area (Å²) in [6, 6.07) is 1.94. The smallest absolute Gasteiger partial charge is 0.237 e. The first-order valence-corrected chi connectivity index (χ1v) is 6.15. The van der Waals surface area contributed by atoms with Gasteiger partial charge < -0.3 is 10.6 Å². The van der Waals surface area contributed by atoms with E-state index in [1.807, 2.05) is 6.07 Å². The van der Waals surface area contributed by atoms with Crippen LogP contribution in [0.2, 0.25) is 0 Å². The molecule has 2 heterocycles. The topological polar surface area (TPSA) is 54.0 Å². The molecule has 0 radical (unpaired) electrons. The van der Waals surface area contributed by atoms with Crippen LogP contribution in [0.1, 0.15) is 18.4 Å². The van der Waals surface area contributed by atoms with Crippen molar-refractivity contribution >= 4 is 21.8 Å². The molecule has 5 heteroatoms. The highest BCUT2D eigenvalue weighted by atomic mass is 79.9. The molecule has 1 aliphatic rings. The highest BCUT2D eigenvalue weighted by Gasteiger charge is 2.20. The van der Waals surface area contributed by atoms with Gasteiger partial charge in [0.25, 0.3) is 0 Å². The Labute approximate surface area is 103 Å². The number of aromatic nitrogens is 1. The minimum atomic E-state index is -0.0623. The SMILES string of the molecule is O=C1NCCCC1NCc1cncc(Br)c1. The maximum absolute atomic E-state index is 11.5. The summed E-state index contributed by atoms with van der Waals surface area (Å²) < 4.78 is 0.958. The van der Waals surface area contributed by atoms with Crippen molar-refractivity contribution in [2.45, 2.75) is 25.4 Å². The van der Waals surface area contributed by atoms with Gasteiger partial charge >= 0.3 is 0 Å². The lowest BCUT2D eigenvalue weighted by molar-refractivity contribution is -0.124. The normalized spacial score (nSPS) is 20.6. The molecule has 86 valence electrons. The quantitative estimate of drug-likeness (QED) is 0.877. The third-order valence-corrected chi connectivity index (χ3v) is 3.03. The lowest BCUT2D eigenvalue weighted by Crippen LogP contribution is -2.47. The first kappa shape index (κ1) is 11.5. The first-order valence-electron chi connectivity index (χ1n) is 5.36. The first-order chi connectivity index (χ1) is 7.75. The van der Waals surface area contributed by atoms with Crippen LogP contribution in [0.5, 0.6) is 0 Å². The van der Waals surface area contributed by atoms with Crippen LogP contribution in [0.25, 0.3) is 0 Å². The van der Waals surface area contributed by atoms with E-state index in [0.29, 0.717) is 6.54 Å². The van der Waals surface area contributed by atoms with Crippen LogP contribution < -0.4 is 10.6 Å². The molecule has 1 amide bonds. The van der Waals surface area contributed by atoms with Crippen LogP contribution in [0.4, 0.5) is 0 Å². The Hall–Kier alpha value is -0.940. The lowest BCUT2D eigenvalue weighted by Gasteiger charge is -2.22. The molecule has 0 aromatic carbocycles. The molecule has 0 aliphatic carbocycles. The Balaban J connectivity index is 1.89. The molecule has 1 aliphatic heterocycles. The van der Waals surface area contributed by atoms with E-state index in [1.165, 1.54) is 0 Å². The van der Waals surface area contributed by atoms with Crippen molar-refractivity contribution in [1.29, 1.82) is 0 Å². The van der Waals surface area contributed by atoms with Gasteiger partial charge in [0.15, 0.2) is 0 Å². The lowest BCUT2D eigenvalue weighted by atomic mass is 10.1. The molecule has 1 saturated heterocycles. The van der Waals surface area contributed by atoms with Gasteiger partial charge in [-0.05, 0) is 40.4 Å². The monoisotopic (exact) mass is 283 g/mol. The minimum Gasteiger partial charge on any atom is -0.355 e. The van der Waals surface area contributed by atoms with Crippen molar-refractivity contribution < 1.29 is 4.79 Å². The molecule has 4 nitrogen and oxygen atoms in total. The second-order valence-electron chi connectivity index (χ2n) is 3.88. The zero-order chi connectivity index (χ0) is 11.4. The summed E-state index contributed by atoms with van der Waals surface area (Å²) in [4.78, 5) is 15.6. The Morgan fingerprint density at radius 1 is 1.56 bits per heavy atom. The van der Waals surface area contributed by atoms with Crippen LogP contribution in [0, 0.1) is 0 Å². The van der Waals surface area contributed by atoms with Crippen LogP contribution in [0.3, 0.4) is 0 Å². The third-order valence-electron chi connectivity index (χ3n) is 2.60. The van der Waals surface area contributed by atoms with E-state index in [9.17, 15) is 4.79 Å². The van der Waals surface area contributed by atoms with E-state index in [-0.39, 0.29) is 11.9 Å². The fourth-order valence-corrected chi connectivity index (χ4v) is 2.17. The number of nitrogens with zero attached hydrogens (tertiary/aromatic N) is 1. The number of hydrogen-bond donors (Lipinski definition) is 2. The van der Waals surface area contributed by atoms with Crippen molar-refractivity contribution in [3.05, 3.63) is 28.5 Å². The van der Waals surface area contributed by atoms with Crippen molar-refractivity contribution in [2.24, 2.45) is 0 Å². The van der Waals surface area contributed by atoms with Crippen molar-refractivity contribution in [1.82, 2.24) is 15.6 Å². The zero-order valence-corrected chi connectivity index (χ0v) is 10.5. The van der Waals surface area contributed by atoms with Crippen LogP contribution in [-0.4, -0.2) is 23.5 Å². The van der Waals surface area contributed by atoms with Gasteiger partial charge in [-0.1, -0.05) is 0 Å². The third kappa shape index (κ3) is 3.02. The van der Waals surface area contributed by atoms with Crippen molar-refractivity contribution in [2.75, 3.05) is 6.54 Å². The maximum Gasteiger partial charge on any atom is 0.237 e. The number of hydrogen-bond acceptors (Lipinski definition) is 3. The average Bonchev–Trinajstić information content (AvgIpc) is 2.28. The molecular formula is C11H14BrN3O. The Morgan fingerprint density at radius 2 is 2.44 bits per heavy atom. The zero-order valence-electron chi connectivity index (χ0n) is 8.87. The Bertz CT molecular complexity index is 383. The van der Waals surface area contributed by atoms with Gasteiger partial charge in [0.2, 0.25) is 5.91 Å². The number of rotatable bonds is 3. The molecule has 2 rings (SSSR count). The number of piperidine rings is 1. The van der Waals surface area contributed by atoms with E-state index in [0.717, 1.165) is 29.4 Å². The van der Waals surface area contributed by atoms with E-state index in [4.69, 9.17) is 0 Å². The molecule has 1 aromatic heterocycles. The number of carbonyl (C=O) groups is 1. The Morgan fingerprint density at radius 3 is 3.19 bits per heavy atom. The highest BCUT2D eigenvalue weighted by molar-refractivity contribution is 9.10. The maximum atomic E-state index is 11.5. The van der Waals surface area contributed by atoms with Gasteiger partial charge in [-0.15, -0.1) is 0 Å². The molecule has 2 N–H and O–H groups in total. The predicted molar refractivity (Wildman–Crippen MR) is 64.8 cm³/mol. The number of carbonyl (C=O) groups excluding carboxylic acids is 1. The van der Waals surface area contributed by atoms with Gasteiger partial charge in [0.1, 0.15) is 0 Å². The van der Waals surface area contributed by atoms with Gasteiger partial charge in [-0.25, -0.2) is 0 Å². The average molecular weight is 284 g/mol. The molecule has 0 saturated carbocycles. The van der Waals surface area contributed by atoms with Gasteiger partial charge in [-0.3, -0.25) is 9.78 Å². The summed E-state index contributed by atoms with van der Waals surface area (Å²) in [6.07, 6.45) is 5.50. The molecule has 1 aromatic rings. The molecule has 1 fully saturated rings. The summed E-state index contributed by atoms with van der Waals surface area (Å²) >= 11 is 3.37. The number of halogens is 1. The van der Waals surface area contributed by atoms with Crippen molar-refractivity contribution in [3.8, 4) is 0 Å². The van der Waals surface area contributed by atoms with Crippen LogP contribution in [0.15, 0.2) is 22.9 Å². The van der Waals surface area contributed by atoms with E-state index >= 15 is 0 Å². The largest absolute Gasteiger partial charge is 0.355 e. The second-order valence-corrected chi connectivity index (χ2v) is 4.79. The molecular weight excluding hydrogens is 270 g/mol. The molecule has 0 bridgehead atoms. The fourth-order valence-electron chi connectivity index (χ4n) is 1.76. The fraction of sp³-hybridized carbons (Fsp3) is 0.455. The van der Waals surface area contributed by atoms with Crippen LogP contribution >= 0.6 is 15.9 Å². The molecule has 1 unspecified atom stereocenters. The Kier molecular flexibility index (Phi) is 3.90.